The van der Waals surface area contributed by atoms with Crippen molar-refractivity contribution in [2.75, 3.05) is 31.5 Å². The summed E-state index contributed by atoms with van der Waals surface area (Å²) in [7, 11) is 1.99. The maximum absolute atomic E-state index is 5.62. The molecule has 1 saturated heterocycles. The van der Waals surface area contributed by atoms with Crippen LogP contribution in [-0.2, 0) is 13.6 Å². The quantitative estimate of drug-likeness (QED) is 0.855. The molecule has 6 heteroatoms. The Labute approximate surface area is 155 Å². The molecule has 1 aromatic heterocycles. The van der Waals surface area contributed by atoms with Gasteiger partial charge in [0.2, 0.25) is 0 Å². The monoisotopic (exact) mass is 357 g/mol. The molecule has 1 aliphatic heterocycles. The van der Waals surface area contributed by atoms with Gasteiger partial charge in [-0.3, -0.25) is 9.58 Å². The summed E-state index contributed by atoms with van der Waals surface area (Å²) in [6.07, 6.45) is 1.98. The van der Waals surface area contributed by atoms with E-state index in [0.717, 1.165) is 43.5 Å². The fourth-order valence-corrected chi connectivity index (χ4v) is 3.60. The summed E-state index contributed by atoms with van der Waals surface area (Å²) in [6, 6.07) is 6.45. The SMILES string of the molecule is Cc1cc(C)cc(NC(=S)N2CCN(Cc3cnn(C)c3C)CC2)c1. The Morgan fingerprint density at radius 1 is 1.08 bits per heavy atom. The molecule has 0 atom stereocenters. The van der Waals surface area contributed by atoms with Gasteiger partial charge in [-0.1, -0.05) is 6.07 Å². The fourth-order valence-electron chi connectivity index (χ4n) is 3.30. The summed E-state index contributed by atoms with van der Waals surface area (Å²) in [6.45, 7) is 11.3. The Balaban J connectivity index is 1.53. The van der Waals surface area contributed by atoms with Crippen molar-refractivity contribution in [3.05, 3.63) is 46.8 Å². The normalized spacial score (nSPS) is 15.4. The largest absolute Gasteiger partial charge is 0.346 e. The second-order valence-corrected chi connectivity index (χ2v) is 7.34. The van der Waals surface area contributed by atoms with Crippen molar-refractivity contribution in [2.45, 2.75) is 27.3 Å². The van der Waals surface area contributed by atoms with Crippen LogP contribution < -0.4 is 5.32 Å². The van der Waals surface area contributed by atoms with Crippen LogP contribution in [0.5, 0.6) is 0 Å². The molecular weight excluding hydrogens is 330 g/mol. The van der Waals surface area contributed by atoms with Crippen molar-refractivity contribution in [2.24, 2.45) is 7.05 Å². The number of anilines is 1. The highest BCUT2D eigenvalue weighted by Crippen LogP contribution is 2.16. The maximum Gasteiger partial charge on any atom is 0.173 e. The Kier molecular flexibility index (Phi) is 5.39. The predicted octanol–water partition coefficient (Wildman–Crippen LogP) is 2.86. The number of benzene rings is 1. The highest BCUT2D eigenvalue weighted by molar-refractivity contribution is 7.80. The fraction of sp³-hybridized carbons (Fsp3) is 0.474. The van der Waals surface area contributed by atoms with Gasteiger partial charge < -0.3 is 10.2 Å². The van der Waals surface area contributed by atoms with Gasteiger partial charge in [0.05, 0.1) is 6.20 Å². The molecule has 0 amide bonds. The number of nitrogens with one attached hydrogen (secondary N) is 1. The lowest BCUT2D eigenvalue weighted by Gasteiger charge is -2.36. The van der Waals surface area contributed by atoms with Crippen LogP contribution in [0.3, 0.4) is 0 Å². The van der Waals surface area contributed by atoms with Crippen LogP contribution in [0.15, 0.2) is 24.4 Å². The third kappa shape index (κ3) is 4.38. The lowest BCUT2D eigenvalue weighted by Crippen LogP contribution is -2.49. The van der Waals surface area contributed by atoms with E-state index in [0.29, 0.717) is 0 Å². The molecule has 5 nitrogen and oxygen atoms in total. The van der Waals surface area contributed by atoms with E-state index in [1.165, 1.54) is 22.4 Å². The van der Waals surface area contributed by atoms with Gasteiger partial charge in [0.1, 0.15) is 0 Å². The van der Waals surface area contributed by atoms with Crippen LogP contribution in [0.2, 0.25) is 0 Å². The third-order valence-electron chi connectivity index (χ3n) is 4.86. The first-order valence-electron chi connectivity index (χ1n) is 8.76. The van der Waals surface area contributed by atoms with E-state index in [2.05, 4.69) is 59.2 Å². The smallest absolute Gasteiger partial charge is 0.173 e. The van der Waals surface area contributed by atoms with E-state index in [-0.39, 0.29) is 0 Å². The number of nitrogens with zero attached hydrogens (tertiary/aromatic N) is 4. The molecule has 0 saturated carbocycles. The first-order chi connectivity index (χ1) is 11.9. The zero-order valence-corrected chi connectivity index (χ0v) is 16.4. The molecular formula is C19H27N5S. The zero-order valence-electron chi connectivity index (χ0n) is 15.5. The Bertz CT molecular complexity index is 739. The van der Waals surface area contributed by atoms with Gasteiger partial charge in [-0.25, -0.2) is 0 Å². The van der Waals surface area contributed by atoms with Gasteiger partial charge in [-0.05, 0) is 56.2 Å². The summed E-state index contributed by atoms with van der Waals surface area (Å²) >= 11 is 5.62. The van der Waals surface area contributed by atoms with Crippen molar-refractivity contribution in [3.63, 3.8) is 0 Å². The van der Waals surface area contributed by atoms with Crippen LogP contribution in [0, 0.1) is 20.8 Å². The van der Waals surface area contributed by atoms with E-state index in [1.54, 1.807) is 0 Å². The average Bonchev–Trinajstić information content (AvgIpc) is 2.86. The number of thiocarbonyl (C=S) groups is 1. The molecule has 134 valence electrons. The minimum absolute atomic E-state index is 0.821. The molecule has 1 N–H and O–H groups in total. The molecule has 3 rings (SSSR count). The van der Waals surface area contributed by atoms with Gasteiger partial charge in [0.15, 0.2) is 5.11 Å². The van der Waals surface area contributed by atoms with E-state index in [4.69, 9.17) is 12.2 Å². The standard InChI is InChI=1S/C19H27N5S/c1-14-9-15(2)11-18(10-14)21-19(25)24-7-5-23(6-8-24)13-17-12-20-22(4)16(17)3/h9-12H,5-8,13H2,1-4H3,(H,21,25). The minimum atomic E-state index is 0.821. The van der Waals surface area contributed by atoms with Gasteiger partial charge in [-0.2, -0.15) is 5.10 Å². The summed E-state index contributed by atoms with van der Waals surface area (Å²) in [5.74, 6) is 0. The summed E-state index contributed by atoms with van der Waals surface area (Å²) in [5.41, 5.74) is 6.14. The Morgan fingerprint density at radius 3 is 2.28 bits per heavy atom. The minimum Gasteiger partial charge on any atom is -0.346 e. The van der Waals surface area contributed by atoms with Crippen molar-refractivity contribution >= 4 is 23.0 Å². The molecule has 1 fully saturated rings. The lowest BCUT2D eigenvalue weighted by molar-refractivity contribution is 0.176. The number of piperazine rings is 1. The molecule has 25 heavy (non-hydrogen) atoms. The van der Waals surface area contributed by atoms with Gasteiger partial charge in [-0.15, -0.1) is 0 Å². The van der Waals surface area contributed by atoms with E-state index in [1.807, 2.05) is 17.9 Å². The molecule has 0 unspecified atom stereocenters. The van der Waals surface area contributed by atoms with Crippen LogP contribution in [0.4, 0.5) is 5.69 Å². The third-order valence-corrected chi connectivity index (χ3v) is 5.22. The Hall–Kier alpha value is -1.92. The second kappa shape index (κ2) is 7.54. The number of aromatic nitrogens is 2. The van der Waals surface area contributed by atoms with Crippen molar-refractivity contribution in [3.8, 4) is 0 Å². The number of rotatable bonds is 3. The molecule has 0 aliphatic carbocycles. The molecule has 2 heterocycles. The van der Waals surface area contributed by atoms with Crippen LogP contribution in [-0.4, -0.2) is 50.9 Å². The van der Waals surface area contributed by atoms with Gasteiger partial charge >= 0.3 is 0 Å². The molecule has 1 aromatic carbocycles. The lowest BCUT2D eigenvalue weighted by atomic mass is 10.1. The van der Waals surface area contributed by atoms with Crippen LogP contribution in [0.25, 0.3) is 0 Å². The Morgan fingerprint density at radius 2 is 1.72 bits per heavy atom. The maximum atomic E-state index is 5.62. The predicted molar refractivity (Wildman–Crippen MR) is 107 cm³/mol. The van der Waals surface area contributed by atoms with Crippen LogP contribution >= 0.6 is 12.2 Å². The first-order valence-corrected chi connectivity index (χ1v) is 9.17. The first kappa shape index (κ1) is 17.9. The average molecular weight is 358 g/mol. The van der Waals surface area contributed by atoms with E-state index in [9.17, 15) is 0 Å². The van der Waals surface area contributed by atoms with Crippen molar-refractivity contribution in [1.82, 2.24) is 19.6 Å². The highest BCUT2D eigenvalue weighted by Gasteiger charge is 2.20. The van der Waals surface area contributed by atoms with Gasteiger partial charge in [0.25, 0.3) is 0 Å². The van der Waals surface area contributed by atoms with Crippen molar-refractivity contribution in [1.29, 1.82) is 0 Å². The highest BCUT2D eigenvalue weighted by atomic mass is 32.1. The van der Waals surface area contributed by atoms with E-state index < -0.39 is 0 Å². The van der Waals surface area contributed by atoms with Gasteiger partial charge in [0, 0.05) is 56.7 Å². The molecule has 0 spiro atoms. The van der Waals surface area contributed by atoms with E-state index >= 15 is 0 Å². The van der Waals surface area contributed by atoms with Crippen LogP contribution in [0.1, 0.15) is 22.4 Å². The molecule has 1 aliphatic rings. The summed E-state index contributed by atoms with van der Waals surface area (Å²) in [5, 5.41) is 8.55. The number of hydrogen-bond donors (Lipinski definition) is 1. The molecule has 0 radical (unpaired) electrons. The second-order valence-electron chi connectivity index (χ2n) is 6.95. The zero-order chi connectivity index (χ0) is 18.0. The topological polar surface area (TPSA) is 36.3 Å². The molecule has 0 bridgehead atoms. The molecule has 2 aromatic rings. The van der Waals surface area contributed by atoms with Crippen molar-refractivity contribution < 1.29 is 0 Å². The number of hydrogen-bond acceptors (Lipinski definition) is 3. The summed E-state index contributed by atoms with van der Waals surface area (Å²) < 4.78 is 1.94. The number of aryl methyl sites for hydroxylation is 3. The summed E-state index contributed by atoms with van der Waals surface area (Å²) in [4.78, 5) is 4.74.